The maximum absolute atomic E-state index is 12.7. The van der Waals surface area contributed by atoms with E-state index in [4.69, 9.17) is 32.7 Å². The quantitative estimate of drug-likeness (QED) is 0.605. The number of hydrogen-bond acceptors (Lipinski definition) is 4. The second-order valence-corrected chi connectivity index (χ2v) is 7.37. The van der Waals surface area contributed by atoms with Gasteiger partial charge in [0, 0.05) is 27.2 Å². The monoisotopic (exact) mass is 429 g/mol. The van der Waals surface area contributed by atoms with Gasteiger partial charge < -0.3 is 19.9 Å². The number of halogens is 2. The number of carbonyl (C=O) groups is 1. The molecule has 0 bridgehead atoms. The molecule has 0 radical (unpaired) electrons. The predicted octanol–water partition coefficient (Wildman–Crippen LogP) is 5.10. The normalized spacial score (nSPS) is 13.6. The fourth-order valence-electron chi connectivity index (χ4n) is 3.09. The Morgan fingerprint density at radius 3 is 2.31 bits per heavy atom. The summed E-state index contributed by atoms with van der Waals surface area (Å²) in [5.74, 6) is 0.665. The number of hydrogen-bond donors (Lipinski definition) is 2. The fourth-order valence-corrected chi connectivity index (χ4v) is 3.40. The second-order valence-electron chi connectivity index (χ2n) is 6.50. The van der Waals surface area contributed by atoms with Crippen molar-refractivity contribution in [1.29, 1.82) is 0 Å². The summed E-state index contributed by atoms with van der Waals surface area (Å²) in [6.07, 6.45) is -1.00. The van der Waals surface area contributed by atoms with E-state index < -0.39 is 6.10 Å². The average Bonchev–Trinajstić information content (AvgIpc) is 2.73. The topological polar surface area (TPSA) is 67.8 Å². The molecule has 29 heavy (non-hydrogen) atoms. The Hall–Kier alpha value is -2.73. The summed E-state index contributed by atoms with van der Waals surface area (Å²) in [6, 6.07) is 16.8. The number of aliphatic hydroxyl groups excluding tert-OH is 1. The lowest BCUT2D eigenvalue weighted by Gasteiger charge is -2.23. The van der Waals surface area contributed by atoms with Gasteiger partial charge in [-0.15, -0.1) is 0 Å². The van der Waals surface area contributed by atoms with E-state index in [0.29, 0.717) is 57.1 Å². The van der Waals surface area contributed by atoms with E-state index in [0.717, 1.165) is 0 Å². The minimum atomic E-state index is -1.00. The number of benzene rings is 3. The zero-order valence-corrected chi connectivity index (χ0v) is 16.7. The summed E-state index contributed by atoms with van der Waals surface area (Å²) in [5, 5.41) is 14.9. The Morgan fingerprint density at radius 2 is 1.62 bits per heavy atom. The van der Waals surface area contributed by atoms with Crippen LogP contribution in [0.25, 0.3) is 0 Å². The van der Waals surface area contributed by atoms with Crippen molar-refractivity contribution in [3.05, 3.63) is 87.4 Å². The molecular formula is C22H17Cl2NO4. The van der Waals surface area contributed by atoms with Gasteiger partial charge in [0.25, 0.3) is 5.91 Å². The molecule has 3 aromatic rings. The maximum atomic E-state index is 12.7. The lowest BCUT2D eigenvalue weighted by atomic mass is 9.98. The number of nitrogens with one attached hydrogen (secondary N) is 1. The first kappa shape index (κ1) is 19.6. The van der Waals surface area contributed by atoms with Gasteiger partial charge in [-0.05, 0) is 42.0 Å². The zero-order valence-electron chi connectivity index (χ0n) is 15.2. The van der Waals surface area contributed by atoms with Crippen molar-refractivity contribution in [3.8, 4) is 11.5 Å². The van der Waals surface area contributed by atoms with Crippen molar-refractivity contribution in [1.82, 2.24) is 0 Å². The highest BCUT2D eigenvalue weighted by Crippen LogP contribution is 2.40. The van der Waals surface area contributed by atoms with Gasteiger partial charge in [-0.1, -0.05) is 41.4 Å². The molecule has 1 aliphatic rings. The van der Waals surface area contributed by atoms with Crippen LogP contribution in [0, 0.1) is 0 Å². The highest BCUT2D eigenvalue weighted by Gasteiger charge is 2.22. The number of anilines is 1. The van der Waals surface area contributed by atoms with E-state index in [1.54, 1.807) is 60.7 Å². The largest absolute Gasteiger partial charge is 0.486 e. The third kappa shape index (κ3) is 4.32. The molecule has 1 atom stereocenters. The molecule has 1 aliphatic heterocycles. The molecule has 0 saturated carbocycles. The van der Waals surface area contributed by atoms with Crippen LogP contribution >= 0.6 is 23.2 Å². The van der Waals surface area contributed by atoms with E-state index in [9.17, 15) is 9.90 Å². The highest BCUT2D eigenvalue weighted by atomic mass is 35.5. The summed E-state index contributed by atoms with van der Waals surface area (Å²) in [4.78, 5) is 12.7. The van der Waals surface area contributed by atoms with Crippen LogP contribution in [0.5, 0.6) is 11.5 Å². The molecule has 5 nitrogen and oxygen atoms in total. The van der Waals surface area contributed by atoms with Gasteiger partial charge in [-0.3, -0.25) is 4.79 Å². The molecule has 7 heteroatoms. The Kier molecular flexibility index (Phi) is 5.62. The molecule has 0 aliphatic carbocycles. The van der Waals surface area contributed by atoms with E-state index >= 15 is 0 Å². The predicted molar refractivity (Wildman–Crippen MR) is 112 cm³/mol. The Labute approximate surface area is 177 Å². The van der Waals surface area contributed by atoms with Crippen molar-refractivity contribution >= 4 is 34.8 Å². The van der Waals surface area contributed by atoms with Crippen LogP contribution in [0.3, 0.4) is 0 Å². The van der Waals surface area contributed by atoms with Crippen LogP contribution in [0.2, 0.25) is 10.0 Å². The molecule has 1 amide bonds. The van der Waals surface area contributed by atoms with Crippen molar-refractivity contribution in [2.24, 2.45) is 0 Å². The van der Waals surface area contributed by atoms with E-state index in [1.807, 2.05) is 0 Å². The molecule has 3 aromatic carbocycles. The van der Waals surface area contributed by atoms with Gasteiger partial charge in [0.2, 0.25) is 0 Å². The summed E-state index contributed by atoms with van der Waals surface area (Å²) < 4.78 is 11.3. The Balaban J connectivity index is 1.73. The van der Waals surface area contributed by atoms with Crippen LogP contribution in [0.4, 0.5) is 5.69 Å². The van der Waals surface area contributed by atoms with Crippen LogP contribution < -0.4 is 14.8 Å². The lowest BCUT2D eigenvalue weighted by Crippen LogP contribution is -2.18. The van der Waals surface area contributed by atoms with Crippen molar-refractivity contribution in [3.63, 3.8) is 0 Å². The number of fused-ring (bicyclic) bond motifs is 1. The first-order valence-electron chi connectivity index (χ1n) is 8.95. The van der Waals surface area contributed by atoms with E-state index in [-0.39, 0.29) is 5.91 Å². The highest BCUT2D eigenvalue weighted by molar-refractivity contribution is 6.31. The third-order valence-corrected chi connectivity index (χ3v) is 5.02. The summed E-state index contributed by atoms with van der Waals surface area (Å²) in [7, 11) is 0. The number of carbonyl (C=O) groups excluding carboxylic acids is 1. The Morgan fingerprint density at radius 1 is 0.931 bits per heavy atom. The van der Waals surface area contributed by atoms with Crippen molar-refractivity contribution in [2.75, 3.05) is 18.5 Å². The molecular weight excluding hydrogens is 413 g/mol. The minimum Gasteiger partial charge on any atom is -0.486 e. The number of amides is 1. The van der Waals surface area contributed by atoms with Gasteiger partial charge in [0.1, 0.15) is 19.3 Å². The van der Waals surface area contributed by atoms with Crippen molar-refractivity contribution < 1.29 is 19.4 Å². The van der Waals surface area contributed by atoms with Crippen LogP contribution in [-0.2, 0) is 0 Å². The first-order chi connectivity index (χ1) is 14.0. The minimum absolute atomic E-state index is 0.353. The van der Waals surface area contributed by atoms with Gasteiger partial charge in [0.05, 0.1) is 5.69 Å². The average molecular weight is 430 g/mol. The maximum Gasteiger partial charge on any atom is 0.255 e. The molecule has 1 heterocycles. The lowest BCUT2D eigenvalue weighted by molar-refractivity contribution is 0.102. The van der Waals surface area contributed by atoms with Gasteiger partial charge in [-0.2, -0.15) is 0 Å². The van der Waals surface area contributed by atoms with Gasteiger partial charge in [0.15, 0.2) is 11.5 Å². The molecule has 0 aromatic heterocycles. The molecule has 148 valence electrons. The fraction of sp³-hybridized carbons (Fsp3) is 0.136. The summed E-state index contributed by atoms with van der Waals surface area (Å²) >= 11 is 11.9. The van der Waals surface area contributed by atoms with Crippen LogP contribution in [0.1, 0.15) is 27.6 Å². The van der Waals surface area contributed by atoms with Crippen LogP contribution in [-0.4, -0.2) is 24.2 Å². The summed E-state index contributed by atoms with van der Waals surface area (Å²) in [6.45, 7) is 0.825. The molecule has 0 spiro atoms. The van der Waals surface area contributed by atoms with Crippen molar-refractivity contribution in [2.45, 2.75) is 6.10 Å². The Bertz CT molecular complexity index is 1050. The molecule has 2 N–H and O–H groups in total. The molecule has 0 fully saturated rings. The number of rotatable bonds is 4. The number of ether oxygens (including phenoxy) is 2. The first-order valence-corrected chi connectivity index (χ1v) is 9.71. The van der Waals surface area contributed by atoms with Crippen LogP contribution in [0.15, 0.2) is 60.7 Å². The van der Waals surface area contributed by atoms with Gasteiger partial charge in [-0.25, -0.2) is 0 Å². The number of aliphatic hydroxyl groups is 1. The SMILES string of the molecule is O=C(Nc1cc2c(cc1C(O)c1ccc(Cl)cc1)OCCO2)c1cccc(Cl)c1. The zero-order chi connectivity index (χ0) is 20.4. The van der Waals surface area contributed by atoms with Gasteiger partial charge >= 0.3 is 0 Å². The summed E-state index contributed by atoms with van der Waals surface area (Å²) in [5.41, 5.74) is 1.93. The third-order valence-electron chi connectivity index (χ3n) is 4.53. The second kappa shape index (κ2) is 8.33. The standard InChI is InChI=1S/C22H17Cl2NO4/c23-15-6-4-13(5-7-15)21(26)17-11-19-20(29-9-8-28-19)12-18(17)25-22(27)14-2-1-3-16(24)10-14/h1-7,10-12,21,26H,8-9H2,(H,25,27). The van der Waals surface area contributed by atoms with E-state index in [2.05, 4.69) is 5.32 Å². The molecule has 0 saturated heterocycles. The van der Waals surface area contributed by atoms with E-state index in [1.165, 1.54) is 0 Å². The smallest absolute Gasteiger partial charge is 0.255 e. The molecule has 4 rings (SSSR count). The molecule has 1 unspecified atom stereocenters.